The van der Waals surface area contributed by atoms with Gasteiger partial charge in [0, 0.05) is 11.6 Å². The fraction of sp³-hybridized carbons (Fsp3) is 0.357. The number of hydrogen-bond acceptors (Lipinski definition) is 1. The van der Waals surface area contributed by atoms with Crippen LogP contribution in [0.15, 0.2) is 30.5 Å². The van der Waals surface area contributed by atoms with E-state index in [9.17, 15) is 0 Å². The van der Waals surface area contributed by atoms with E-state index in [-0.39, 0.29) is 5.41 Å². The summed E-state index contributed by atoms with van der Waals surface area (Å²) in [6.07, 6.45) is 2.01. The summed E-state index contributed by atoms with van der Waals surface area (Å²) in [7, 11) is 0. The molecule has 1 heteroatoms. The Labute approximate surface area is 91.2 Å². The highest BCUT2D eigenvalue weighted by molar-refractivity contribution is 5.82. The number of rotatable bonds is 0. The van der Waals surface area contributed by atoms with Crippen LogP contribution in [0.1, 0.15) is 31.9 Å². The number of para-hydroxylation sites is 1. The minimum absolute atomic E-state index is 0.168. The first kappa shape index (κ1) is 10.2. The maximum Gasteiger partial charge on any atom is 0.0704 e. The summed E-state index contributed by atoms with van der Waals surface area (Å²) in [5.74, 6) is 0. The zero-order chi connectivity index (χ0) is 11.1. The van der Waals surface area contributed by atoms with Gasteiger partial charge in [0.15, 0.2) is 0 Å². The van der Waals surface area contributed by atoms with Gasteiger partial charge in [-0.2, -0.15) is 0 Å². The van der Waals surface area contributed by atoms with Gasteiger partial charge >= 0.3 is 0 Å². The molecule has 2 aromatic rings. The maximum absolute atomic E-state index is 4.51. The molecule has 15 heavy (non-hydrogen) atoms. The molecule has 0 unspecified atom stereocenters. The first-order chi connectivity index (χ1) is 7.00. The second-order valence-corrected chi connectivity index (χ2v) is 5.06. The van der Waals surface area contributed by atoms with Gasteiger partial charge in [-0.1, -0.05) is 39.0 Å². The van der Waals surface area contributed by atoms with Crippen LogP contribution in [0.4, 0.5) is 0 Å². The van der Waals surface area contributed by atoms with Gasteiger partial charge in [0.25, 0.3) is 0 Å². The number of aryl methyl sites for hydroxylation is 1. The predicted octanol–water partition coefficient (Wildman–Crippen LogP) is 3.84. The third kappa shape index (κ3) is 1.74. The Hall–Kier alpha value is -1.37. The Morgan fingerprint density at radius 2 is 1.73 bits per heavy atom. The molecule has 0 saturated carbocycles. The molecule has 0 bridgehead atoms. The highest BCUT2D eigenvalue weighted by atomic mass is 14.7. The molecule has 0 spiro atoms. The number of pyridine rings is 1. The molecule has 0 atom stereocenters. The lowest BCUT2D eigenvalue weighted by Gasteiger charge is -2.22. The molecule has 2 rings (SSSR count). The Bertz CT molecular complexity index is 492. The van der Waals surface area contributed by atoms with Gasteiger partial charge in [-0.3, -0.25) is 4.98 Å². The molecule has 0 saturated heterocycles. The molecule has 0 aliphatic carbocycles. The summed E-state index contributed by atoms with van der Waals surface area (Å²) in [5.41, 5.74) is 3.94. The quantitative estimate of drug-likeness (QED) is 0.628. The monoisotopic (exact) mass is 199 g/mol. The number of fused-ring (bicyclic) bond motifs is 1. The van der Waals surface area contributed by atoms with Crippen molar-refractivity contribution < 1.29 is 0 Å². The van der Waals surface area contributed by atoms with Crippen LogP contribution in [0.5, 0.6) is 0 Å². The minimum Gasteiger partial charge on any atom is -0.256 e. The van der Waals surface area contributed by atoms with Crippen molar-refractivity contribution >= 4 is 10.9 Å². The second-order valence-electron chi connectivity index (χ2n) is 5.06. The fourth-order valence-electron chi connectivity index (χ4n) is 2.04. The van der Waals surface area contributed by atoms with Crippen molar-refractivity contribution in [3.05, 3.63) is 41.6 Å². The lowest BCUT2D eigenvalue weighted by Crippen LogP contribution is -2.13. The molecule has 0 fully saturated rings. The van der Waals surface area contributed by atoms with Crippen LogP contribution < -0.4 is 0 Å². The Balaban J connectivity index is 2.76. The summed E-state index contributed by atoms with van der Waals surface area (Å²) >= 11 is 0. The van der Waals surface area contributed by atoms with Gasteiger partial charge in [0.1, 0.15) is 0 Å². The second kappa shape index (κ2) is 3.34. The first-order valence-corrected chi connectivity index (χ1v) is 5.35. The Kier molecular flexibility index (Phi) is 2.26. The third-order valence-electron chi connectivity index (χ3n) is 2.85. The van der Waals surface area contributed by atoms with Gasteiger partial charge in [-0.15, -0.1) is 0 Å². The smallest absolute Gasteiger partial charge is 0.0704 e. The Morgan fingerprint density at radius 3 is 2.40 bits per heavy atom. The van der Waals surface area contributed by atoms with E-state index in [1.807, 2.05) is 12.3 Å². The van der Waals surface area contributed by atoms with Gasteiger partial charge in [0.2, 0.25) is 0 Å². The molecule has 0 aliphatic rings. The summed E-state index contributed by atoms with van der Waals surface area (Å²) in [6.45, 7) is 8.87. The minimum atomic E-state index is 0.168. The van der Waals surface area contributed by atoms with E-state index in [1.54, 1.807) is 0 Å². The van der Waals surface area contributed by atoms with E-state index < -0.39 is 0 Å². The van der Waals surface area contributed by atoms with Crippen LogP contribution in [-0.2, 0) is 5.41 Å². The SMILES string of the molecule is Cc1c(C(C)(C)C)cnc2ccccc12. The molecular weight excluding hydrogens is 182 g/mol. The average Bonchev–Trinajstić information content (AvgIpc) is 2.16. The summed E-state index contributed by atoms with van der Waals surface area (Å²) in [4.78, 5) is 4.51. The molecule has 0 aliphatic heterocycles. The van der Waals surface area contributed by atoms with Crippen LogP contribution >= 0.6 is 0 Å². The predicted molar refractivity (Wildman–Crippen MR) is 65.2 cm³/mol. The lowest BCUT2D eigenvalue weighted by atomic mass is 9.84. The van der Waals surface area contributed by atoms with Crippen LogP contribution in [0.3, 0.4) is 0 Å². The molecule has 1 heterocycles. The van der Waals surface area contributed by atoms with Crippen LogP contribution in [0.2, 0.25) is 0 Å². The molecule has 78 valence electrons. The van der Waals surface area contributed by atoms with Gasteiger partial charge in [-0.25, -0.2) is 0 Å². The molecular formula is C14H17N. The maximum atomic E-state index is 4.51. The standard InChI is InChI=1S/C14H17N/c1-10-11-7-5-6-8-13(11)15-9-12(10)14(2,3)4/h5-9H,1-4H3. The van der Waals surface area contributed by atoms with Crippen molar-refractivity contribution in [1.29, 1.82) is 0 Å². The average molecular weight is 199 g/mol. The fourth-order valence-corrected chi connectivity index (χ4v) is 2.04. The van der Waals surface area contributed by atoms with Gasteiger partial charge < -0.3 is 0 Å². The van der Waals surface area contributed by atoms with E-state index >= 15 is 0 Å². The largest absolute Gasteiger partial charge is 0.256 e. The highest BCUT2D eigenvalue weighted by Crippen LogP contribution is 2.28. The lowest BCUT2D eigenvalue weighted by molar-refractivity contribution is 0.585. The van der Waals surface area contributed by atoms with E-state index in [0.29, 0.717) is 0 Å². The molecule has 1 aromatic heterocycles. The van der Waals surface area contributed by atoms with Crippen LogP contribution in [-0.4, -0.2) is 4.98 Å². The normalized spacial score (nSPS) is 12.0. The molecule has 1 nitrogen and oxygen atoms in total. The summed E-state index contributed by atoms with van der Waals surface area (Å²) in [6, 6.07) is 8.32. The van der Waals surface area contributed by atoms with Crippen molar-refractivity contribution in [3.63, 3.8) is 0 Å². The molecule has 0 amide bonds. The van der Waals surface area contributed by atoms with Gasteiger partial charge in [-0.05, 0) is 29.5 Å². The van der Waals surface area contributed by atoms with E-state index in [4.69, 9.17) is 0 Å². The number of benzene rings is 1. The van der Waals surface area contributed by atoms with Crippen molar-refractivity contribution in [3.8, 4) is 0 Å². The summed E-state index contributed by atoms with van der Waals surface area (Å²) < 4.78 is 0. The van der Waals surface area contributed by atoms with Crippen LogP contribution in [0, 0.1) is 6.92 Å². The van der Waals surface area contributed by atoms with Crippen molar-refractivity contribution in [2.24, 2.45) is 0 Å². The highest BCUT2D eigenvalue weighted by Gasteiger charge is 2.17. The molecule has 0 N–H and O–H groups in total. The number of hydrogen-bond donors (Lipinski definition) is 0. The summed E-state index contributed by atoms with van der Waals surface area (Å²) in [5, 5.41) is 1.27. The Morgan fingerprint density at radius 1 is 1.07 bits per heavy atom. The van der Waals surface area contributed by atoms with Crippen LogP contribution in [0.25, 0.3) is 10.9 Å². The van der Waals surface area contributed by atoms with E-state index in [0.717, 1.165) is 5.52 Å². The third-order valence-corrected chi connectivity index (χ3v) is 2.85. The van der Waals surface area contributed by atoms with E-state index in [1.165, 1.54) is 16.5 Å². The number of aromatic nitrogens is 1. The van der Waals surface area contributed by atoms with Crippen molar-refractivity contribution in [1.82, 2.24) is 4.98 Å². The number of nitrogens with zero attached hydrogens (tertiary/aromatic N) is 1. The molecule has 0 radical (unpaired) electrons. The first-order valence-electron chi connectivity index (χ1n) is 5.35. The van der Waals surface area contributed by atoms with Gasteiger partial charge in [0.05, 0.1) is 5.52 Å². The topological polar surface area (TPSA) is 12.9 Å². The van der Waals surface area contributed by atoms with Crippen molar-refractivity contribution in [2.75, 3.05) is 0 Å². The zero-order valence-electron chi connectivity index (χ0n) is 9.83. The zero-order valence-corrected chi connectivity index (χ0v) is 9.83. The van der Waals surface area contributed by atoms with E-state index in [2.05, 4.69) is 50.9 Å². The molecule has 1 aromatic carbocycles. The van der Waals surface area contributed by atoms with Crippen molar-refractivity contribution in [2.45, 2.75) is 33.1 Å².